The number of aromatic nitrogens is 2. The van der Waals surface area contributed by atoms with E-state index in [0.29, 0.717) is 5.56 Å². The van der Waals surface area contributed by atoms with Crippen molar-refractivity contribution in [2.75, 3.05) is 11.9 Å². The second-order valence-electron chi connectivity index (χ2n) is 9.04. The van der Waals surface area contributed by atoms with Crippen LogP contribution < -0.4 is 11.0 Å². The third kappa shape index (κ3) is 5.18. The Morgan fingerprint density at radius 2 is 1.63 bits per heavy atom. The maximum Gasteiger partial charge on any atom is 0.351 e. The van der Waals surface area contributed by atoms with Gasteiger partial charge >= 0.3 is 17.6 Å². The van der Waals surface area contributed by atoms with E-state index in [4.69, 9.17) is 14.2 Å². The lowest BCUT2D eigenvalue weighted by atomic mass is 9.84. The first-order valence-corrected chi connectivity index (χ1v) is 11.7. The summed E-state index contributed by atoms with van der Waals surface area (Å²) in [7, 11) is 0. The van der Waals surface area contributed by atoms with Crippen LogP contribution in [0.5, 0.6) is 0 Å². The zero-order valence-electron chi connectivity index (χ0n) is 20.9. The number of alkyl halides is 1. The van der Waals surface area contributed by atoms with E-state index in [-0.39, 0.29) is 11.4 Å². The van der Waals surface area contributed by atoms with E-state index in [2.05, 4.69) is 10.3 Å². The Morgan fingerprint density at radius 1 is 1.03 bits per heavy atom. The van der Waals surface area contributed by atoms with Gasteiger partial charge in [0.1, 0.15) is 18.5 Å². The lowest BCUT2D eigenvalue weighted by Crippen LogP contribution is -2.55. The maximum absolute atomic E-state index is 16.4. The number of benzene rings is 2. The summed E-state index contributed by atoms with van der Waals surface area (Å²) in [5.74, 6) is -2.00. The van der Waals surface area contributed by atoms with Crippen molar-refractivity contribution in [1.82, 2.24) is 9.55 Å². The number of amides is 1. The number of carbonyl (C=O) groups is 3. The summed E-state index contributed by atoms with van der Waals surface area (Å²) in [6.07, 6.45) is -1.64. The zero-order valence-corrected chi connectivity index (χ0v) is 20.9. The first-order chi connectivity index (χ1) is 18.0. The smallest absolute Gasteiger partial charge is 0.351 e. The lowest BCUT2D eigenvalue weighted by Gasteiger charge is -2.36. The molecular formula is C27H26FN3O7. The molecule has 1 fully saturated rings. The fourth-order valence-electron chi connectivity index (χ4n) is 4.21. The van der Waals surface area contributed by atoms with Crippen LogP contribution in [0.4, 0.5) is 10.2 Å². The number of rotatable bonds is 7. The number of hydrogen-bond donors (Lipinski definition) is 1. The highest BCUT2D eigenvalue weighted by atomic mass is 19.1. The van der Waals surface area contributed by atoms with Crippen LogP contribution in [-0.4, -0.2) is 51.4 Å². The topological polar surface area (TPSA) is 126 Å². The number of nitrogens with zero attached hydrogens (tertiary/aromatic N) is 2. The Labute approximate surface area is 217 Å². The molecular weight excluding hydrogens is 497 g/mol. The van der Waals surface area contributed by atoms with E-state index in [1.807, 2.05) is 0 Å². The fourth-order valence-corrected chi connectivity index (χ4v) is 4.21. The minimum Gasteiger partial charge on any atom is -0.459 e. The van der Waals surface area contributed by atoms with E-state index in [9.17, 15) is 19.2 Å². The van der Waals surface area contributed by atoms with Crippen LogP contribution >= 0.6 is 0 Å². The largest absolute Gasteiger partial charge is 0.459 e. The summed E-state index contributed by atoms with van der Waals surface area (Å²) in [6.45, 7) is 3.08. The molecule has 0 bridgehead atoms. The molecule has 0 saturated carbocycles. The average molecular weight is 524 g/mol. The van der Waals surface area contributed by atoms with E-state index >= 15 is 4.39 Å². The van der Waals surface area contributed by atoms with Gasteiger partial charge in [-0.2, -0.15) is 4.98 Å². The van der Waals surface area contributed by atoms with Crippen molar-refractivity contribution in [3.05, 3.63) is 94.5 Å². The quantitative estimate of drug-likeness (QED) is 0.468. The molecule has 0 unspecified atom stereocenters. The molecule has 1 aromatic heterocycles. The highest BCUT2D eigenvalue weighted by Gasteiger charge is 2.66. The molecule has 1 amide bonds. The number of esters is 2. The summed E-state index contributed by atoms with van der Waals surface area (Å²) in [5.41, 5.74) is -4.67. The van der Waals surface area contributed by atoms with Gasteiger partial charge in [0, 0.05) is 18.7 Å². The standard InChI is InChI=1S/C27H26FN3O7/c1-17(32)38-27(3)20(16-36-23(34)19-12-8-5-9-13-19)37-24(26(27,2)28)31-15-14-21(30-25(31)35)29-22(33)18-10-6-4-7-11-18/h4-15,20,24H,16H2,1-3H3,(H,29,30,33,35)/t20-,24+,26+,27+/m1/s1. The first kappa shape index (κ1) is 26.7. The molecule has 0 spiro atoms. The SMILES string of the molecule is CC(=O)O[C@@]1(C)[C@@H](COC(=O)c2ccccc2)O[C@H](n2ccc(NC(=O)c3ccccc3)nc2=O)[C@]1(C)F. The van der Waals surface area contributed by atoms with Crippen molar-refractivity contribution in [1.29, 1.82) is 0 Å². The molecule has 1 aliphatic rings. The van der Waals surface area contributed by atoms with Gasteiger partial charge in [0.25, 0.3) is 5.91 Å². The van der Waals surface area contributed by atoms with E-state index in [1.54, 1.807) is 60.7 Å². The van der Waals surface area contributed by atoms with Gasteiger partial charge in [-0.25, -0.2) is 14.0 Å². The van der Waals surface area contributed by atoms with Gasteiger partial charge in [0.05, 0.1) is 5.56 Å². The molecule has 1 aliphatic heterocycles. The summed E-state index contributed by atoms with van der Waals surface area (Å²) >= 11 is 0. The minimum absolute atomic E-state index is 0.0465. The maximum atomic E-state index is 16.4. The molecule has 1 saturated heterocycles. The monoisotopic (exact) mass is 523 g/mol. The summed E-state index contributed by atoms with van der Waals surface area (Å²) in [6, 6.07) is 17.8. The van der Waals surface area contributed by atoms with Crippen LogP contribution in [0.3, 0.4) is 0 Å². The minimum atomic E-state index is -2.46. The van der Waals surface area contributed by atoms with E-state index in [1.165, 1.54) is 19.2 Å². The van der Waals surface area contributed by atoms with Crippen LogP contribution in [-0.2, 0) is 19.0 Å². The summed E-state index contributed by atoms with van der Waals surface area (Å²) in [5, 5.41) is 2.51. The van der Waals surface area contributed by atoms with Crippen LogP contribution in [0.2, 0.25) is 0 Å². The predicted octanol–water partition coefficient (Wildman–Crippen LogP) is 3.30. The van der Waals surface area contributed by atoms with E-state index < -0.39 is 53.7 Å². The summed E-state index contributed by atoms with van der Waals surface area (Å²) in [4.78, 5) is 53.5. The van der Waals surface area contributed by atoms with Crippen LogP contribution in [0.15, 0.2) is 77.7 Å². The van der Waals surface area contributed by atoms with Gasteiger partial charge in [-0.1, -0.05) is 36.4 Å². The fraction of sp³-hybridized carbons (Fsp3) is 0.296. The molecule has 2 aromatic carbocycles. The van der Waals surface area contributed by atoms with Gasteiger partial charge in [0.2, 0.25) is 0 Å². The number of hydrogen-bond acceptors (Lipinski definition) is 8. The highest BCUT2D eigenvalue weighted by molar-refractivity contribution is 6.03. The molecule has 38 heavy (non-hydrogen) atoms. The van der Waals surface area contributed by atoms with Crippen LogP contribution in [0, 0.1) is 0 Å². The van der Waals surface area contributed by atoms with Crippen LogP contribution in [0.25, 0.3) is 0 Å². The molecule has 11 heteroatoms. The average Bonchev–Trinajstić information content (AvgIpc) is 3.08. The van der Waals surface area contributed by atoms with Crippen molar-refractivity contribution < 1.29 is 33.0 Å². The van der Waals surface area contributed by atoms with Gasteiger partial charge in [-0.3, -0.25) is 14.2 Å². The Bertz CT molecular complexity index is 1390. The van der Waals surface area contributed by atoms with Crippen LogP contribution in [0.1, 0.15) is 47.7 Å². The normalized spacial score (nSPS) is 24.4. The van der Waals surface area contributed by atoms with E-state index in [0.717, 1.165) is 18.4 Å². The molecule has 1 N–H and O–H groups in total. The third-order valence-corrected chi connectivity index (χ3v) is 6.43. The Kier molecular flexibility index (Phi) is 7.40. The number of carbonyl (C=O) groups excluding carboxylic acids is 3. The Balaban J connectivity index is 1.58. The van der Waals surface area contributed by atoms with Crippen molar-refractivity contribution in [2.45, 2.75) is 44.4 Å². The highest BCUT2D eigenvalue weighted by Crippen LogP contribution is 2.50. The second-order valence-corrected chi connectivity index (χ2v) is 9.04. The number of halogens is 1. The lowest BCUT2D eigenvalue weighted by molar-refractivity contribution is -0.175. The number of ether oxygens (including phenoxy) is 3. The van der Waals surface area contributed by atoms with Gasteiger partial charge in [-0.15, -0.1) is 0 Å². The Morgan fingerprint density at radius 3 is 2.21 bits per heavy atom. The Hall–Kier alpha value is -4.38. The predicted molar refractivity (Wildman–Crippen MR) is 133 cm³/mol. The van der Waals surface area contributed by atoms with Gasteiger partial charge in [0.15, 0.2) is 17.5 Å². The van der Waals surface area contributed by atoms with Crippen molar-refractivity contribution in [2.24, 2.45) is 0 Å². The summed E-state index contributed by atoms with van der Waals surface area (Å²) < 4.78 is 33.8. The zero-order chi connectivity index (χ0) is 27.5. The second kappa shape index (κ2) is 10.5. The van der Waals surface area contributed by atoms with Crippen molar-refractivity contribution >= 4 is 23.7 Å². The van der Waals surface area contributed by atoms with Gasteiger partial charge in [-0.05, 0) is 44.2 Å². The molecule has 0 radical (unpaired) electrons. The first-order valence-electron chi connectivity index (χ1n) is 11.7. The molecule has 2 heterocycles. The molecule has 0 aliphatic carbocycles. The van der Waals surface area contributed by atoms with Gasteiger partial charge < -0.3 is 19.5 Å². The molecule has 198 valence electrons. The third-order valence-electron chi connectivity index (χ3n) is 6.43. The number of nitrogens with one attached hydrogen (secondary N) is 1. The number of anilines is 1. The molecule has 4 atom stereocenters. The molecule has 3 aromatic rings. The van der Waals surface area contributed by atoms with Crippen molar-refractivity contribution in [3.8, 4) is 0 Å². The molecule has 4 rings (SSSR count). The van der Waals surface area contributed by atoms with Crippen molar-refractivity contribution in [3.63, 3.8) is 0 Å². The molecule has 10 nitrogen and oxygen atoms in total.